The number of fused-ring (bicyclic) bond motifs is 1. The fourth-order valence-electron chi connectivity index (χ4n) is 2.59. The topological polar surface area (TPSA) is 55.8 Å². The molecule has 2 aromatic carbocycles. The molecule has 0 saturated carbocycles. The highest BCUT2D eigenvalue weighted by molar-refractivity contribution is 7.89. The van der Waals surface area contributed by atoms with Gasteiger partial charge in [0.2, 0.25) is 10.0 Å². The first kappa shape index (κ1) is 18.3. The number of likely N-dealkylation sites (N-methyl/N-ethyl adjacent to an activating group) is 1. The van der Waals surface area contributed by atoms with Gasteiger partial charge in [0.1, 0.15) is 17.6 Å². The second-order valence-electron chi connectivity index (χ2n) is 5.53. The van der Waals surface area contributed by atoms with Crippen molar-refractivity contribution in [2.24, 2.45) is 0 Å². The Hall–Kier alpha value is -1.47. The Morgan fingerprint density at radius 3 is 2.60 bits per heavy atom. The zero-order valence-corrected chi connectivity index (χ0v) is 15.8. The number of ether oxygens (including phenoxy) is 2. The molecule has 25 heavy (non-hydrogen) atoms. The molecule has 2 aromatic rings. The zero-order valence-electron chi connectivity index (χ0n) is 13.5. The van der Waals surface area contributed by atoms with Gasteiger partial charge in [-0.05, 0) is 30.3 Å². The molecule has 0 radical (unpaired) electrons. The van der Waals surface area contributed by atoms with Crippen LogP contribution in [0.4, 0.5) is 0 Å². The largest absolute Gasteiger partial charge is 0.486 e. The maximum atomic E-state index is 12.9. The van der Waals surface area contributed by atoms with Crippen LogP contribution < -0.4 is 9.47 Å². The van der Waals surface area contributed by atoms with Gasteiger partial charge in [-0.15, -0.1) is 0 Å². The number of nitrogens with zero attached hydrogens (tertiary/aromatic N) is 1. The number of sulfonamides is 1. The standard InChI is InChI=1S/C17H17Cl2NO4S/c1-2-20(25(21,22)17-9-12(18)7-8-14(17)19)10-13-11-23-15-5-3-4-6-16(15)24-13/h3-9,13H,2,10-11H2,1H3. The molecule has 1 aliphatic heterocycles. The first-order valence-corrected chi connectivity index (χ1v) is 9.95. The van der Waals surface area contributed by atoms with Gasteiger partial charge in [0.15, 0.2) is 11.5 Å². The molecule has 5 nitrogen and oxygen atoms in total. The first-order chi connectivity index (χ1) is 11.9. The second kappa shape index (κ2) is 7.41. The van der Waals surface area contributed by atoms with Gasteiger partial charge in [0.25, 0.3) is 0 Å². The average molecular weight is 402 g/mol. The Morgan fingerprint density at radius 2 is 1.88 bits per heavy atom. The summed E-state index contributed by atoms with van der Waals surface area (Å²) >= 11 is 12.0. The van der Waals surface area contributed by atoms with Crippen LogP contribution in [0.2, 0.25) is 10.0 Å². The Morgan fingerprint density at radius 1 is 1.16 bits per heavy atom. The van der Waals surface area contributed by atoms with E-state index in [0.717, 1.165) is 0 Å². The van der Waals surface area contributed by atoms with Gasteiger partial charge in [-0.1, -0.05) is 42.3 Å². The minimum absolute atomic E-state index is 0.0133. The summed E-state index contributed by atoms with van der Waals surface area (Å²) < 4.78 is 38.7. The van der Waals surface area contributed by atoms with Crippen LogP contribution >= 0.6 is 23.2 Å². The van der Waals surface area contributed by atoms with Crippen LogP contribution in [0.3, 0.4) is 0 Å². The maximum Gasteiger partial charge on any atom is 0.244 e. The monoisotopic (exact) mass is 401 g/mol. The zero-order chi connectivity index (χ0) is 18.0. The van der Waals surface area contributed by atoms with Crippen LogP contribution in [-0.2, 0) is 10.0 Å². The predicted octanol–water partition coefficient (Wildman–Crippen LogP) is 3.84. The van der Waals surface area contributed by atoms with Crippen LogP contribution in [0.25, 0.3) is 0 Å². The summed E-state index contributed by atoms with van der Waals surface area (Å²) in [5.41, 5.74) is 0. The number of halogens is 2. The third kappa shape index (κ3) is 3.87. The fourth-order valence-corrected chi connectivity index (χ4v) is 4.81. The number of benzene rings is 2. The van der Waals surface area contributed by atoms with Gasteiger partial charge in [-0.2, -0.15) is 4.31 Å². The quantitative estimate of drug-likeness (QED) is 0.763. The van der Waals surface area contributed by atoms with Crippen LogP contribution in [0.15, 0.2) is 47.4 Å². The highest BCUT2D eigenvalue weighted by Gasteiger charge is 2.31. The summed E-state index contributed by atoms with van der Waals surface area (Å²) in [6.45, 7) is 2.45. The number of hydrogen-bond acceptors (Lipinski definition) is 4. The Kier molecular flexibility index (Phi) is 5.43. The molecular weight excluding hydrogens is 385 g/mol. The normalized spacial score (nSPS) is 16.9. The van der Waals surface area contributed by atoms with Crippen LogP contribution in [-0.4, -0.2) is 38.5 Å². The van der Waals surface area contributed by atoms with E-state index < -0.39 is 16.1 Å². The Labute approximate surface area is 157 Å². The molecule has 1 unspecified atom stereocenters. The molecule has 1 aliphatic rings. The molecule has 0 aliphatic carbocycles. The minimum atomic E-state index is -3.80. The highest BCUT2D eigenvalue weighted by atomic mass is 35.5. The summed E-state index contributed by atoms with van der Waals surface area (Å²) in [6, 6.07) is 11.7. The lowest BCUT2D eigenvalue weighted by Crippen LogP contribution is -2.43. The second-order valence-corrected chi connectivity index (χ2v) is 8.28. The molecule has 8 heteroatoms. The fraction of sp³-hybridized carbons (Fsp3) is 0.294. The third-order valence-corrected chi connectivity index (χ3v) is 6.50. The number of rotatable bonds is 5. The van der Waals surface area contributed by atoms with Gasteiger partial charge >= 0.3 is 0 Å². The Bertz CT molecular complexity index is 873. The van der Waals surface area contributed by atoms with Crippen LogP contribution in [0.5, 0.6) is 11.5 Å². The van der Waals surface area contributed by atoms with E-state index in [2.05, 4.69) is 0 Å². The van der Waals surface area contributed by atoms with E-state index in [9.17, 15) is 8.42 Å². The lowest BCUT2D eigenvalue weighted by Gasteiger charge is -2.30. The van der Waals surface area contributed by atoms with Crippen molar-refractivity contribution in [3.8, 4) is 11.5 Å². The van der Waals surface area contributed by atoms with Crippen molar-refractivity contribution in [3.63, 3.8) is 0 Å². The van der Waals surface area contributed by atoms with E-state index in [1.54, 1.807) is 19.1 Å². The minimum Gasteiger partial charge on any atom is -0.486 e. The van der Waals surface area contributed by atoms with Crippen LogP contribution in [0, 0.1) is 0 Å². The van der Waals surface area contributed by atoms with Crippen LogP contribution in [0.1, 0.15) is 6.92 Å². The smallest absolute Gasteiger partial charge is 0.244 e. The van der Waals surface area contributed by atoms with Gasteiger partial charge in [0, 0.05) is 11.6 Å². The van der Waals surface area contributed by atoms with Crippen molar-refractivity contribution in [2.45, 2.75) is 17.9 Å². The summed E-state index contributed by atoms with van der Waals surface area (Å²) in [7, 11) is -3.80. The summed E-state index contributed by atoms with van der Waals surface area (Å²) in [5.74, 6) is 1.26. The number of hydrogen-bond donors (Lipinski definition) is 0. The third-order valence-electron chi connectivity index (χ3n) is 3.84. The van der Waals surface area contributed by atoms with E-state index in [-0.39, 0.29) is 29.6 Å². The van der Waals surface area contributed by atoms with E-state index in [1.807, 2.05) is 18.2 Å². The molecule has 0 N–H and O–H groups in total. The SMILES string of the molecule is CCN(CC1COc2ccccc2O1)S(=O)(=O)c1cc(Cl)ccc1Cl. The molecule has 0 saturated heterocycles. The molecule has 0 bridgehead atoms. The highest BCUT2D eigenvalue weighted by Crippen LogP contribution is 2.32. The number of para-hydroxylation sites is 2. The van der Waals surface area contributed by atoms with E-state index in [4.69, 9.17) is 32.7 Å². The lowest BCUT2D eigenvalue weighted by molar-refractivity contribution is 0.0771. The van der Waals surface area contributed by atoms with Crippen molar-refractivity contribution in [1.82, 2.24) is 4.31 Å². The summed E-state index contributed by atoms with van der Waals surface area (Å²) in [4.78, 5) is -0.0133. The average Bonchev–Trinajstić information content (AvgIpc) is 2.61. The summed E-state index contributed by atoms with van der Waals surface area (Å²) in [5, 5.41) is 0.444. The van der Waals surface area contributed by atoms with E-state index in [0.29, 0.717) is 16.5 Å². The van der Waals surface area contributed by atoms with E-state index in [1.165, 1.54) is 16.4 Å². The maximum absolute atomic E-state index is 12.9. The molecule has 0 spiro atoms. The van der Waals surface area contributed by atoms with Crippen molar-refractivity contribution in [1.29, 1.82) is 0 Å². The van der Waals surface area contributed by atoms with Crippen molar-refractivity contribution < 1.29 is 17.9 Å². The molecular formula is C17H17Cl2NO4S. The lowest BCUT2D eigenvalue weighted by atomic mass is 10.2. The molecule has 0 aromatic heterocycles. The van der Waals surface area contributed by atoms with Crippen molar-refractivity contribution in [2.75, 3.05) is 19.7 Å². The van der Waals surface area contributed by atoms with Crippen molar-refractivity contribution in [3.05, 3.63) is 52.5 Å². The van der Waals surface area contributed by atoms with Crippen molar-refractivity contribution >= 4 is 33.2 Å². The summed E-state index contributed by atoms with van der Waals surface area (Å²) in [6.07, 6.45) is -0.414. The van der Waals surface area contributed by atoms with Gasteiger partial charge < -0.3 is 9.47 Å². The molecule has 0 fully saturated rings. The predicted molar refractivity (Wildman–Crippen MR) is 97.2 cm³/mol. The molecule has 134 valence electrons. The molecule has 1 heterocycles. The molecule has 3 rings (SSSR count). The van der Waals surface area contributed by atoms with Gasteiger partial charge in [0.05, 0.1) is 11.6 Å². The van der Waals surface area contributed by atoms with Gasteiger partial charge in [-0.25, -0.2) is 8.42 Å². The van der Waals surface area contributed by atoms with E-state index >= 15 is 0 Å². The molecule has 1 atom stereocenters. The first-order valence-electron chi connectivity index (χ1n) is 7.75. The van der Waals surface area contributed by atoms with Gasteiger partial charge in [-0.3, -0.25) is 0 Å². The molecule has 0 amide bonds. The Balaban J connectivity index is 1.82.